The summed E-state index contributed by atoms with van der Waals surface area (Å²) >= 11 is 0. The molecule has 0 aromatic heterocycles. The van der Waals surface area contributed by atoms with E-state index in [-0.39, 0.29) is 12.0 Å². The molecule has 1 N–H and O–H groups in total. The van der Waals surface area contributed by atoms with Gasteiger partial charge >= 0.3 is 0 Å². The number of nitrogens with one attached hydrogen (secondary N) is 1. The molecule has 5 heteroatoms. The molecule has 1 aromatic rings. The Labute approximate surface area is 125 Å². The number of ether oxygens (including phenoxy) is 3. The lowest BCUT2D eigenvalue weighted by molar-refractivity contribution is -0.124. The zero-order valence-corrected chi connectivity index (χ0v) is 12.8. The molecule has 116 valence electrons. The number of benzene rings is 1. The molecule has 1 saturated carbocycles. The van der Waals surface area contributed by atoms with Crippen LogP contribution in [0.5, 0.6) is 11.5 Å². The molecular weight excluding hydrogens is 270 g/mol. The fourth-order valence-electron chi connectivity index (χ4n) is 2.38. The number of hydrogen-bond donors (Lipinski definition) is 1. The number of rotatable bonds is 6. The number of amides is 1. The minimum atomic E-state index is -0.494. The molecule has 1 aliphatic carbocycles. The van der Waals surface area contributed by atoms with Gasteiger partial charge < -0.3 is 19.5 Å². The van der Waals surface area contributed by atoms with Crippen LogP contribution in [0.3, 0.4) is 0 Å². The van der Waals surface area contributed by atoms with Gasteiger partial charge in [0.1, 0.15) is 6.10 Å². The lowest BCUT2D eigenvalue weighted by Crippen LogP contribution is -2.26. The Hall–Kier alpha value is -1.75. The Kier molecular flexibility index (Phi) is 5.44. The SMILES string of the molecule is COc1ccc(NC(=O)C(C)OC)cc1OC1CCCC1. The average molecular weight is 293 g/mol. The van der Waals surface area contributed by atoms with Crippen LogP contribution in [0.15, 0.2) is 18.2 Å². The molecule has 1 amide bonds. The van der Waals surface area contributed by atoms with Crippen molar-refractivity contribution in [1.29, 1.82) is 0 Å². The third-order valence-corrected chi connectivity index (χ3v) is 3.75. The second kappa shape index (κ2) is 7.31. The van der Waals surface area contributed by atoms with E-state index in [4.69, 9.17) is 14.2 Å². The highest BCUT2D eigenvalue weighted by molar-refractivity contribution is 5.94. The van der Waals surface area contributed by atoms with Crippen LogP contribution in [0.2, 0.25) is 0 Å². The van der Waals surface area contributed by atoms with Crippen LogP contribution in [-0.2, 0) is 9.53 Å². The molecule has 0 spiro atoms. The number of carbonyl (C=O) groups is 1. The monoisotopic (exact) mass is 293 g/mol. The number of hydrogen-bond acceptors (Lipinski definition) is 4. The summed E-state index contributed by atoms with van der Waals surface area (Å²) < 4.78 is 16.3. The summed E-state index contributed by atoms with van der Waals surface area (Å²) in [6, 6.07) is 5.40. The zero-order valence-electron chi connectivity index (χ0n) is 12.8. The standard InChI is InChI=1S/C16H23NO4/c1-11(19-2)16(18)17-12-8-9-14(20-3)15(10-12)21-13-6-4-5-7-13/h8-11,13H,4-7H2,1-3H3,(H,17,18). The van der Waals surface area contributed by atoms with Crippen LogP contribution >= 0.6 is 0 Å². The smallest absolute Gasteiger partial charge is 0.253 e. The Morgan fingerprint density at radius 3 is 2.57 bits per heavy atom. The molecule has 21 heavy (non-hydrogen) atoms. The van der Waals surface area contributed by atoms with Crippen molar-refractivity contribution in [1.82, 2.24) is 0 Å². The molecule has 2 rings (SSSR count). The van der Waals surface area contributed by atoms with Gasteiger partial charge in [0, 0.05) is 18.9 Å². The lowest BCUT2D eigenvalue weighted by atomic mass is 10.2. The highest BCUT2D eigenvalue weighted by Gasteiger charge is 2.19. The fraction of sp³-hybridized carbons (Fsp3) is 0.562. The first-order valence-electron chi connectivity index (χ1n) is 7.32. The predicted octanol–water partition coefficient (Wildman–Crippen LogP) is 2.99. The van der Waals surface area contributed by atoms with Gasteiger partial charge in [-0.05, 0) is 44.7 Å². The minimum absolute atomic E-state index is 0.186. The molecule has 0 aliphatic heterocycles. The molecule has 0 bridgehead atoms. The van der Waals surface area contributed by atoms with E-state index in [1.165, 1.54) is 20.0 Å². The van der Waals surface area contributed by atoms with E-state index >= 15 is 0 Å². The number of anilines is 1. The largest absolute Gasteiger partial charge is 0.493 e. The van der Waals surface area contributed by atoms with Crippen LogP contribution in [0, 0.1) is 0 Å². The van der Waals surface area contributed by atoms with Gasteiger partial charge in [-0.25, -0.2) is 0 Å². The highest BCUT2D eigenvalue weighted by atomic mass is 16.5. The van der Waals surface area contributed by atoms with E-state index in [1.807, 2.05) is 0 Å². The van der Waals surface area contributed by atoms with Crippen LogP contribution < -0.4 is 14.8 Å². The molecule has 0 radical (unpaired) electrons. The summed E-state index contributed by atoms with van der Waals surface area (Å²) in [5, 5.41) is 2.81. The summed E-state index contributed by atoms with van der Waals surface area (Å²) in [5.74, 6) is 1.17. The molecule has 1 aliphatic rings. The predicted molar refractivity (Wildman–Crippen MR) is 81.0 cm³/mol. The van der Waals surface area contributed by atoms with Crippen molar-refractivity contribution in [3.05, 3.63) is 18.2 Å². The third-order valence-electron chi connectivity index (χ3n) is 3.75. The molecule has 1 aromatic carbocycles. The van der Waals surface area contributed by atoms with Crippen molar-refractivity contribution >= 4 is 11.6 Å². The molecule has 1 atom stereocenters. The van der Waals surface area contributed by atoms with Gasteiger partial charge in [0.05, 0.1) is 13.2 Å². The molecule has 0 saturated heterocycles. The minimum Gasteiger partial charge on any atom is -0.493 e. The van der Waals surface area contributed by atoms with E-state index < -0.39 is 6.10 Å². The number of methoxy groups -OCH3 is 2. The first kappa shape index (κ1) is 15.6. The summed E-state index contributed by atoms with van der Waals surface area (Å²) in [7, 11) is 3.12. The molecular formula is C16H23NO4. The fourth-order valence-corrected chi connectivity index (χ4v) is 2.38. The molecule has 0 heterocycles. The molecule has 5 nitrogen and oxygen atoms in total. The van der Waals surface area contributed by atoms with Crippen molar-refractivity contribution < 1.29 is 19.0 Å². The van der Waals surface area contributed by atoms with Crippen molar-refractivity contribution in [2.24, 2.45) is 0 Å². The van der Waals surface area contributed by atoms with Crippen LogP contribution in [0.25, 0.3) is 0 Å². The van der Waals surface area contributed by atoms with E-state index in [0.29, 0.717) is 17.2 Å². The summed E-state index contributed by atoms with van der Waals surface area (Å²) in [4.78, 5) is 11.8. The lowest BCUT2D eigenvalue weighted by Gasteiger charge is -2.17. The molecule has 1 unspecified atom stereocenters. The van der Waals surface area contributed by atoms with Crippen LogP contribution in [0.1, 0.15) is 32.6 Å². The van der Waals surface area contributed by atoms with Gasteiger partial charge in [0.25, 0.3) is 5.91 Å². The van der Waals surface area contributed by atoms with E-state index in [0.717, 1.165) is 12.8 Å². The normalized spacial score (nSPS) is 16.5. The third kappa shape index (κ3) is 4.11. The Bertz CT molecular complexity index is 483. The summed E-state index contributed by atoms with van der Waals surface area (Å²) in [5.41, 5.74) is 0.678. The molecule has 1 fully saturated rings. The highest BCUT2D eigenvalue weighted by Crippen LogP contribution is 2.33. The van der Waals surface area contributed by atoms with Gasteiger partial charge in [0.15, 0.2) is 11.5 Å². The average Bonchev–Trinajstić information content (AvgIpc) is 2.99. The van der Waals surface area contributed by atoms with E-state index in [9.17, 15) is 4.79 Å². The first-order valence-corrected chi connectivity index (χ1v) is 7.32. The van der Waals surface area contributed by atoms with E-state index in [1.54, 1.807) is 32.2 Å². The van der Waals surface area contributed by atoms with Crippen LogP contribution in [-0.4, -0.2) is 32.3 Å². The van der Waals surface area contributed by atoms with Gasteiger partial charge in [-0.3, -0.25) is 4.79 Å². The van der Waals surface area contributed by atoms with Crippen molar-refractivity contribution in [2.45, 2.75) is 44.8 Å². The maximum atomic E-state index is 11.8. The van der Waals surface area contributed by atoms with Gasteiger partial charge in [-0.2, -0.15) is 0 Å². The summed E-state index contributed by atoms with van der Waals surface area (Å²) in [6.07, 6.45) is 4.29. The Balaban J connectivity index is 2.10. The second-order valence-corrected chi connectivity index (χ2v) is 5.26. The van der Waals surface area contributed by atoms with Crippen molar-refractivity contribution in [2.75, 3.05) is 19.5 Å². The topological polar surface area (TPSA) is 56.8 Å². The maximum absolute atomic E-state index is 11.8. The Morgan fingerprint density at radius 2 is 1.95 bits per heavy atom. The quantitative estimate of drug-likeness (QED) is 0.876. The second-order valence-electron chi connectivity index (χ2n) is 5.26. The van der Waals surface area contributed by atoms with E-state index in [2.05, 4.69) is 5.32 Å². The van der Waals surface area contributed by atoms with Gasteiger partial charge in [-0.1, -0.05) is 0 Å². The summed E-state index contributed by atoms with van der Waals surface area (Å²) in [6.45, 7) is 1.70. The van der Waals surface area contributed by atoms with Gasteiger partial charge in [-0.15, -0.1) is 0 Å². The van der Waals surface area contributed by atoms with Crippen LogP contribution in [0.4, 0.5) is 5.69 Å². The zero-order chi connectivity index (χ0) is 15.2. The van der Waals surface area contributed by atoms with Crippen molar-refractivity contribution in [3.8, 4) is 11.5 Å². The van der Waals surface area contributed by atoms with Crippen molar-refractivity contribution in [3.63, 3.8) is 0 Å². The first-order chi connectivity index (χ1) is 10.1. The number of carbonyl (C=O) groups excluding carboxylic acids is 1. The van der Waals surface area contributed by atoms with Gasteiger partial charge in [0.2, 0.25) is 0 Å². The Morgan fingerprint density at radius 1 is 1.24 bits per heavy atom. The maximum Gasteiger partial charge on any atom is 0.253 e.